The van der Waals surface area contributed by atoms with Crippen molar-refractivity contribution >= 4 is 11.7 Å². The summed E-state index contributed by atoms with van der Waals surface area (Å²) in [5.74, 6) is 0. The van der Waals surface area contributed by atoms with Crippen LogP contribution in [0.1, 0.15) is 37.1 Å². The van der Waals surface area contributed by atoms with Gasteiger partial charge in [0.25, 0.3) is 0 Å². The van der Waals surface area contributed by atoms with Crippen LogP contribution in [0.25, 0.3) is 5.69 Å². The number of amides is 2. The fourth-order valence-corrected chi connectivity index (χ4v) is 3.83. The Morgan fingerprint density at radius 2 is 1.85 bits per heavy atom. The molecule has 0 radical (unpaired) electrons. The van der Waals surface area contributed by atoms with Crippen molar-refractivity contribution in [2.45, 2.75) is 51.6 Å². The summed E-state index contributed by atoms with van der Waals surface area (Å²) in [4.78, 5) is 15.1. The fourth-order valence-electron chi connectivity index (χ4n) is 3.83. The summed E-state index contributed by atoms with van der Waals surface area (Å²) in [6.45, 7) is 6.18. The largest absolute Gasteiger partial charge is 0.335 e. The summed E-state index contributed by atoms with van der Waals surface area (Å²) in [5, 5.41) is 10.7. The number of nitrogens with one attached hydrogen (secondary N) is 2. The average molecular weight is 353 g/mol. The number of anilines is 1. The minimum atomic E-state index is -0.135. The molecule has 2 N–H and O–H groups in total. The Balaban J connectivity index is 1.39. The number of urea groups is 1. The Kier molecular flexibility index (Phi) is 4.68. The minimum Gasteiger partial charge on any atom is -0.335 e. The lowest BCUT2D eigenvalue weighted by Gasteiger charge is -2.32. The van der Waals surface area contributed by atoms with Gasteiger partial charge in [0.2, 0.25) is 0 Å². The minimum absolute atomic E-state index is 0.135. The van der Waals surface area contributed by atoms with Gasteiger partial charge in [-0.15, -0.1) is 0 Å². The van der Waals surface area contributed by atoms with Crippen LogP contribution in [0.2, 0.25) is 0 Å². The van der Waals surface area contributed by atoms with Gasteiger partial charge in [0, 0.05) is 30.9 Å². The predicted octanol–water partition coefficient (Wildman–Crippen LogP) is 3.24. The van der Waals surface area contributed by atoms with Crippen LogP contribution in [-0.4, -0.2) is 45.9 Å². The summed E-state index contributed by atoms with van der Waals surface area (Å²) >= 11 is 0. The monoisotopic (exact) mass is 353 g/mol. The van der Waals surface area contributed by atoms with E-state index < -0.39 is 0 Å². The molecule has 2 heterocycles. The first-order chi connectivity index (χ1) is 12.6. The van der Waals surface area contributed by atoms with E-state index in [1.807, 2.05) is 48.9 Å². The van der Waals surface area contributed by atoms with E-state index in [1.54, 1.807) is 0 Å². The molecule has 2 fully saturated rings. The van der Waals surface area contributed by atoms with Gasteiger partial charge in [0.15, 0.2) is 0 Å². The van der Waals surface area contributed by atoms with Crippen LogP contribution in [0.4, 0.5) is 10.5 Å². The van der Waals surface area contributed by atoms with Crippen molar-refractivity contribution in [3.8, 4) is 5.69 Å². The number of nitrogens with zero attached hydrogens (tertiary/aromatic N) is 3. The molecular weight excluding hydrogens is 326 g/mol. The van der Waals surface area contributed by atoms with Crippen molar-refractivity contribution in [2.75, 3.05) is 18.4 Å². The van der Waals surface area contributed by atoms with Crippen molar-refractivity contribution in [2.24, 2.45) is 0 Å². The highest BCUT2D eigenvalue weighted by Crippen LogP contribution is 2.29. The molecule has 1 saturated heterocycles. The van der Waals surface area contributed by atoms with Gasteiger partial charge in [-0.3, -0.25) is 0 Å². The molecule has 2 aromatic rings. The molecule has 0 unspecified atom stereocenters. The van der Waals surface area contributed by atoms with Crippen LogP contribution in [0.15, 0.2) is 30.3 Å². The summed E-state index contributed by atoms with van der Waals surface area (Å²) in [7, 11) is 0. The van der Waals surface area contributed by atoms with E-state index in [9.17, 15) is 4.79 Å². The number of carbonyl (C=O) groups is 1. The number of piperidine rings is 1. The molecule has 26 heavy (non-hydrogen) atoms. The quantitative estimate of drug-likeness (QED) is 0.887. The van der Waals surface area contributed by atoms with Crippen molar-refractivity contribution in [1.29, 1.82) is 0 Å². The fraction of sp³-hybridized carbons (Fsp3) is 0.500. The zero-order chi connectivity index (χ0) is 18.1. The molecule has 6 nitrogen and oxygen atoms in total. The molecule has 0 atom stereocenters. The number of benzene rings is 1. The summed E-state index contributed by atoms with van der Waals surface area (Å²) in [6, 6.07) is 10.8. The van der Waals surface area contributed by atoms with E-state index in [-0.39, 0.29) is 12.1 Å². The number of aromatic nitrogens is 2. The first-order valence-corrected chi connectivity index (χ1v) is 9.54. The first-order valence-electron chi connectivity index (χ1n) is 9.54. The Hall–Kier alpha value is -2.34. The third-order valence-electron chi connectivity index (χ3n) is 5.32. The van der Waals surface area contributed by atoms with Crippen molar-refractivity contribution in [3.63, 3.8) is 0 Å². The summed E-state index contributed by atoms with van der Waals surface area (Å²) in [6.07, 6.45) is 4.76. The van der Waals surface area contributed by atoms with Crippen LogP contribution in [0.3, 0.4) is 0 Å². The number of likely N-dealkylation sites (tertiary alicyclic amines) is 1. The number of hydrogen-bond donors (Lipinski definition) is 2. The lowest BCUT2D eigenvalue weighted by Crippen LogP contribution is -2.46. The average Bonchev–Trinajstić information content (AvgIpc) is 3.41. The molecule has 1 aliphatic heterocycles. The Bertz CT molecular complexity index is 787. The number of aryl methyl sites for hydroxylation is 2. The molecule has 6 heteroatoms. The van der Waals surface area contributed by atoms with Gasteiger partial charge in [0.05, 0.1) is 17.1 Å². The maximum absolute atomic E-state index is 12.5. The van der Waals surface area contributed by atoms with Crippen molar-refractivity contribution in [3.05, 3.63) is 41.7 Å². The summed E-state index contributed by atoms with van der Waals surface area (Å²) < 4.78 is 1.87. The van der Waals surface area contributed by atoms with E-state index in [2.05, 4.69) is 20.6 Å². The van der Waals surface area contributed by atoms with Crippen molar-refractivity contribution < 1.29 is 4.79 Å². The molecule has 2 amide bonds. The number of hydrogen-bond acceptors (Lipinski definition) is 3. The van der Waals surface area contributed by atoms with Gasteiger partial charge in [-0.05, 0) is 57.7 Å². The van der Waals surface area contributed by atoms with Gasteiger partial charge in [-0.25, -0.2) is 9.48 Å². The van der Waals surface area contributed by atoms with Crippen LogP contribution < -0.4 is 10.6 Å². The van der Waals surface area contributed by atoms with E-state index in [0.29, 0.717) is 0 Å². The highest BCUT2D eigenvalue weighted by Gasteiger charge is 2.32. The second kappa shape index (κ2) is 7.11. The Morgan fingerprint density at radius 1 is 1.12 bits per heavy atom. The van der Waals surface area contributed by atoms with E-state index in [1.165, 1.54) is 12.8 Å². The number of rotatable bonds is 4. The molecule has 0 bridgehead atoms. The Morgan fingerprint density at radius 3 is 2.50 bits per heavy atom. The zero-order valence-corrected chi connectivity index (χ0v) is 15.5. The lowest BCUT2D eigenvalue weighted by atomic mass is 10.1. The SMILES string of the molecule is Cc1cc(C)n(-c2ccccc2NC(=O)NC2CCN(C3CC3)CC2)n1. The standard InChI is InChI=1S/C20H27N5O/c1-14-13-15(2)25(23-14)19-6-4-3-5-18(19)22-20(26)21-16-9-11-24(12-10-16)17-7-8-17/h3-6,13,16-17H,7-12H2,1-2H3,(H2,21,22,26). The maximum atomic E-state index is 12.5. The highest BCUT2D eigenvalue weighted by molar-refractivity contribution is 5.91. The van der Waals surface area contributed by atoms with Crippen LogP contribution in [0.5, 0.6) is 0 Å². The smallest absolute Gasteiger partial charge is 0.319 e. The third kappa shape index (κ3) is 3.75. The van der Waals surface area contributed by atoms with E-state index in [4.69, 9.17) is 0 Å². The maximum Gasteiger partial charge on any atom is 0.319 e. The zero-order valence-electron chi connectivity index (χ0n) is 15.5. The Labute approximate surface area is 154 Å². The second-order valence-corrected chi connectivity index (χ2v) is 7.50. The van der Waals surface area contributed by atoms with Crippen LogP contribution >= 0.6 is 0 Å². The number of carbonyl (C=O) groups excluding carboxylic acids is 1. The molecule has 1 aromatic heterocycles. The van der Waals surface area contributed by atoms with Gasteiger partial charge >= 0.3 is 6.03 Å². The molecule has 4 rings (SSSR count). The molecule has 1 aliphatic carbocycles. The normalized spacial score (nSPS) is 18.7. The highest BCUT2D eigenvalue weighted by atomic mass is 16.2. The topological polar surface area (TPSA) is 62.2 Å². The van der Waals surface area contributed by atoms with Gasteiger partial charge < -0.3 is 15.5 Å². The molecule has 0 spiro atoms. The van der Waals surface area contributed by atoms with Gasteiger partial charge in [0.1, 0.15) is 0 Å². The van der Waals surface area contributed by atoms with Crippen LogP contribution in [-0.2, 0) is 0 Å². The molecule has 2 aliphatic rings. The van der Waals surface area contributed by atoms with E-state index in [0.717, 1.165) is 54.7 Å². The first kappa shape index (κ1) is 17.1. The molecule has 1 aromatic carbocycles. The van der Waals surface area contributed by atoms with Gasteiger partial charge in [-0.2, -0.15) is 5.10 Å². The predicted molar refractivity (Wildman–Crippen MR) is 103 cm³/mol. The molecule has 1 saturated carbocycles. The molecular formula is C20H27N5O. The van der Waals surface area contributed by atoms with Crippen molar-refractivity contribution in [1.82, 2.24) is 20.0 Å². The third-order valence-corrected chi connectivity index (χ3v) is 5.32. The number of para-hydroxylation sites is 2. The van der Waals surface area contributed by atoms with Gasteiger partial charge in [-0.1, -0.05) is 12.1 Å². The second-order valence-electron chi connectivity index (χ2n) is 7.50. The van der Waals surface area contributed by atoms with E-state index >= 15 is 0 Å². The summed E-state index contributed by atoms with van der Waals surface area (Å²) in [5.41, 5.74) is 3.66. The lowest BCUT2D eigenvalue weighted by molar-refractivity contribution is 0.189. The molecule has 138 valence electrons. The van der Waals surface area contributed by atoms with Crippen LogP contribution in [0, 0.1) is 13.8 Å².